The average molecular weight is 326 g/mol. The molecular formula is C14H16ClN3O2S. The van der Waals surface area contributed by atoms with Gasteiger partial charge in [0.15, 0.2) is 0 Å². The molecule has 2 amide bonds. The van der Waals surface area contributed by atoms with Gasteiger partial charge >= 0.3 is 6.03 Å². The summed E-state index contributed by atoms with van der Waals surface area (Å²) in [6, 6.07) is 6.74. The van der Waals surface area contributed by atoms with Gasteiger partial charge < -0.3 is 15.4 Å². The number of halogens is 1. The molecule has 0 bridgehead atoms. The largest absolute Gasteiger partial charge is 0.492 e. The Morgan fingerprint density at radius 1 is 1.43 bits per heavy atom. The average Bonchev–Trinajstić information content (AvgIpc) is 3.00. The fraction of sp³-hybridized carbons (Fsp3) is 0.286. The minimum atomic E-state index is -0.239. The first-order valence-corrected chi connectivity index (χ1v) is 7.73. The van der Waals surface area contributed by atoms with Gasteiger partial charge in [-0.3, -0.25) is 0 Å². The molecule has 0 spiro atoms. The molecule has 0 saturated carbocycles. The number of nitrogens with zero attached hydrogens (tertiary/aromatic N) is 1. The first-order valence-electron chi connectivity index (χ1n) is 6.47. The number of ether oxygens (including phenoxy) is 1. The van der Waals surface area contributed by atoms with Gasteiger partial charge in [0.1, 0.15) is 17.4 Å². The lowest BCUT2D eigenvalue weighted by molar-refractivity contribution is 0.233. The smallest absolute Gasteiger partial charge is 0.315 e. The fourth-order valence-corrected chi connectivity index (χ4v) is 2.39. The van der Waals surface area contributed by atoms with Gasteiger partial charge in [-0.1, -0.05) is 11.6 Å². The summed E-state index contributed by atoms with van der Waals surface area (Å²) in [5, 5.41) is 8.97. The van der Waals surface area contributed by atoms with Gasteiger partial charge in [-0.05, 0) is 31.2 Å². The maximum atomic E-state index is 11.7. The van der Waals surface area contributed by atoms with Crippen molar-refractivity contribution < 1.29 is 9.53 Å². The van der Waals surface area contributed by atoms with Crippen LogP contribution in [0.1, 0.15) is 18.0 Å². The van der Waals surface area contributed by atoms with Crippen LogP contribution in [0.4, 0.5) is 4.79 Å². The maximum Gasteiger partial charge on any atom is 0.315 e. The lowest BCUT2D eigenvalue weighted by Gasteiger charge is -2.12. The van der Waals surface area contributed by atoms with E-state index in [9.17, 15) is 4.79 Å². The number of rotatable bonds is 6. The third-order valence-electron chi connectivity index (χ3n) is 2.64. The standard InChI is InChI=1S/C14H16ClN3O2S/c1-10(13-16-7-9-21-13)18-14(19)17-6-8-20-12-4-2-11(15)3-5-12/h2-5,7,9-10H,6,8H2,1H3,(H2,17,18,19). The Kier molecular flexibility index (Phi) is 5.83. The van der Waals surface area contributed by atoms with Crippen LogP contribution >= 0.6 is 22.9 Å². The van der Waals surface area contributed by atoms with Crippen molar-refractivity contribution in [2.24, 2.45) is 0 Å². The van der Waals surface area contributed by atoms with E-state index >= 15 is 0 Å². The van der Waals surface area contributed by atoms with E-state index in [4.69, 9.17) is 16.3 Å². The number of thiazole rings is 1. The van der Waals surface area contributed by atoms with Crippen LogP contribution in [0.3, 0.4) is 0 Å². The molecule has 1 atom stereocenters. The van der Waals surface area contributed by atoms with Crippen molar-refractivity contribution in [1.29, 1.82) is 0 Å². The first-order chi connectivity index (χ1) is 10.1. The highest BCUT2D eigenvalue weighted by molar-refractivity contribution is 7.09. The van der Waals surface area contributed by atoms with E-state index in [1.807, 2.05) is 12.3 Å². The summed E-state index contributed by atoms with van der Waals surface area (Å²) in [5.74, 6) is 0.720. The molecule has 0 saturated heterocycles. The molecule has 2 N–H and O–H groups in total. The molecular weight excluding hydrogens is 310 g/mol. The van der Waals surface area contributed by atoms with Crippen molar-refractivity contribution in [3.05, 3.63) is 45.9 Å². The minimum absolute atomic E-state index is 0.109. The number of carbonyl (C=O) groups is 1. The van der Waals surface area contributed by atoms with Crippen molar-refractivity contribution in [2.75, 3.05) is 13.2 Å². The Morgan fingerprint density at radius 2 is 2.19 bits per heavy atom. The van der Waals surface area contributed by atoms with Crippen LogP contribution in [0.25, 0.3) is 0 Å². The predicted octanol–water partition coefficient (Wildman–Crippen LogP) is 3.24. The van der Waals surface area contributed by atoms with Crippen LogP contribution in [-0.2, 0) is 0 Å². The molecule has 0 radical (unpaired) electrons. The molecule has 1 unspecified atom stereocenters. The summed E-state index contributed by atoms with van der Waals surface area (Å²) in [4.78, 5) is 15.8. The molecule has 0 aliphatic heterocycles. The Balaban J connectivity index is 1.64. The zero-order valence-electron chi connectivity index (χ0n) is 11.5. The zero-order valence-corrected chi connectivity index (χ0v) is 13.1. The van der Waals surface area contributed by atoms with E-state index in [1.165, 1.54) is 11.3 Å². The highest BCUT2D eigenvalue weighted by Crippen LogP contribution is 2.15. The molecule has 112 valence electrons. The molecule has 2 rings (SSSR count). The van der Waals surface area contributed by atoms with Crippen LogP contribution in [0, 0.1) is 0 Å². The molecule has 1 aromatic heterocycles. The van der Waals surface area contributed by atoms with Gasteiger partial charge in [-0.15, -0.1) is 11.3 Å². The number of nitrogens with one attached hydrogen (secondary N) is 2. The second-order valence-corrected chi connectivity index (χ2v) is 5.66. The topological polar surface area (TPSA) is 63.2 Å². The summed E-state index contributed by atoms with van der Waals surface area (Å²) < 4.78 is 5.48. The molecule has 5 nitrogen and oxygen atoms in total. The third-order valence-corrected chi connectivity index (χ3v) is 3.85. The van der Waals surface area contributed by atoms with Crippen molar-refractivity contribution >= 4 is 29.0 Å². The van der Waals surface area contributed by atoms with Gasteiger partial charge in [0, 0.05) is 16.6 Å². The summed E-state index contributed by atoms with van der Waals surface area (Å²) in [6.07, 6.45) is 1.72. The van der Waals surface area contributed by atoms with Gasteiger partial charge in [-0.25, -0.2) is 9.78 Å². The monoisotopic (exact) mass is 325 g/mol. The number of hydrogen-bond acceptors (Lipinski definition) is 4. The molecule has 0 aliphatic rings. The van der Waals surface area contributed by atoms with Gasteiger partial charge in [0.25, 0.3) is 0 Å². The Morgan fingerprint density at radius 3 is 2.86 bits per heavy atom. The lowest BCUT2D eigenvalue weighted by Crippen LogP contribution is -2.38. The SMILES string of the molecule is CC(NC(=O)NCCOc1ccc(Cl)cc1)c1nccs1. The van der Waals surface area contributed by atoms with E-state index in [0.29, 0.717) is 18.2 Å². The number of benzene rings is 1. The zero-order chi connectivity index (χ0) is 15.1. The highest BCUT2D eigenvalue weighted by Gasteiger charge is 2.10. The molecule has 2 aromatic rings. The Bertz CT molecular complexity index is 560. The van der Waals surface area contributed by atoms with Crippen molar-refractivity contribution in [3.8, 4) is 5.75 Å². The van der Waals surface area contributed by atoms with Crippen molar-refractivity contribution in [2.45, 2.75) is 13.0 Å². The molecule has 0 aliphatic carbocycles. The normalized spacial score (nSPS) is 11.7. The third kappa shape index (κ3) is 5.24. The number of aromatic nitrogens is 1. The van der Waals surface area contributed by atoms with Crippen LogP contribution in [0.2, 0.25) is 5.02 Å². The summed E-state index contributed by atoms with van der Waals surface area (Å²) >= 11 is 7.29. The lowest BCUT2D eigenvalue weighted by atomic mass is 10.3. The summed E-state index contributed by atoms with van der Waals surface area (Å²) in [5.41, 5.74) is 0. The Labute approximate surface area is 132 Å². The predicted molar refractivity (Wildman–Crippen MR) is 84.0 cm³/mol. The van der Waals surface area contributed by atoms with Crippen LogP contribution in [0.15, 0.2) is 35.8 Å². The second-order valence-electron chi connectivity index (χ2n) is 4.29. The number of hydrogen-bond donors (Lipinski definition) is 2. The van der Waals surface area contributed by atoms with E-state index in [1.54, 1.807) is 30.5 Å². The fourth-order valence-electron chi connectivity index (χ4n) is 1.62. The molecule has 0 fully saturated rings. The number of carbonyl (C=O) groups excluding carboxylic acids is 1. The van der Waals surface area contributed by atoms with Crippen LogP contribution in [-0.4, -0.2) is 24.2 Å². The Hall–Kier alpha value is -1.79. The van der Waals surface area contributed by atoms with Crippen molar-refractivity contribution in [3.63, 3.8) is 0 Å². The van der Waals surface area contributed by atoms with Gasteiger partial charge in [0.05, 0.1) is 12.6 Å². The molecule has 1 heterocycles. The molecule has 1 aromatic carbocycles. The van der Waals surface area contributed by atoms with Crippen molar-refractivity contribution in [1.82, 2.24) is 15.6 Å². The van der Waals surface area contributed by atoms with Gasteiger partial charge in [0.2, 0.25) is 0 Å². The van der Waals surface area contributed by atoms with Crippen LogP contribution in [0.5, 0.6) is 5.75 Å². The summed E-state index contributed by atoms with van der Waals surface area (Å²) in [6.45, 7) is 2.70. The molecule has 21 heavy (non-hydrogen) atoms. The number of amides is 2. The van der Waals surface area contributed by atoms with Gasteiger partial charge in [-0.2, -0.15) is 0 Å². The molecule has 7 heteroatoms. The van der Waals surface area contributed by atoms with E-state index in [2.05, 4.69) is 15.6 Å². The summed E-state index contributed by atoms with van der Waals surface area (Å²) in [7, 11) is 0. The quantitative estimate of drug-likeness (QED) is 0.801. The van der Waals surface area contributed by atoms with E-state index < -0.39 is 0 Å². The highest BCUT2D eigenvalue weighted by atomic mass is 35.5. The van der Waals surface area contributed by atoms with E-state index in [-0.39, 0.29) is 12.1 Å². The maximum absolute atomic E-state index is 11.7. The van der Waals surface area contributed by atoms with Crippen LogP contribution < -0.4 is 15.4 Å². The number of urea groups is 1. The minimum Gasteiger partial charge on any atom is -0.492 e. The van der Waals surface area contributed by atoms with E-state index in [0.717, 1.165) is 10.8 Å². The second kappa shape index (κ2) is 7.85. The first kappa shape index (κ1) is 15.6.